The van der Waals surface area contributed by atoms with Gasteiger partial charge in [-0.1, -0.05) is 19.1 Å². The molecule has 3 nitrogen and oxygen atoms in total. The third-order valence-corrected chi connectivity index (χ3v) is 3.52. The largest absolute Gasteiger partial charge is 0.324 e. The van der Waals surface area contributed by atoms with Gasteiger partial charge in [-0.05, 0) is 50.2 Å². The van der Waals surface area contributed by atoms with Crippen molar-refractivity contribution in [1.29, 1.82) is 0 Å². The lowest BCUT2D eigenvalue weighted by Gasteiger charge is -2.24. The summed E-state index contributed by atoms with van der Waals surface area (Å²) in [6.45, 7) is 7.75. The summed E-state index contributed by atoms with van der Waals surface area (Å²) in [5, 5.41) is 3.38. The van der Waals surface area contributed by atoms with E-state index >= 15 is 0 Å². The van der Waals surface area contributed by atoms with Gasteiger partial charge in [0.1, 0.15) is 11.6 Å². The van der Waals surface area contributed by atoms with E-state index < -0.39 is 0 Å². The van der Waals surface area contributed by atoms with Crippen LogP contribution in [0.5, 0.6) is 0 Å². The van der Waals surface area contributed by atoms with Crippen LogP contribution in [0.1, 0.15) is 32.4 Å². The van der Waals surface area contributed by atoms with Crippen LogP contribution in [0.25, 0.3) is 0 Å². The Balaban J connectivity index is 2.35. The lowest BCUT2D eigenvalue weighted by molar-refractivity contribution is 0.597. The van der Waals surface area contributed by atoms with Crippen molar-refractivity contribution in [2.24, 2.45) is 0 Å². The normalized spacial score (nSPS) is 12.2. The molecule has 1 aromatic carbocycles. The van der Waals surface area contributed by atoms with Gasteiger partial charge < -0.3 is 10.2 Å². The van der Waals surface area contributed by atoms with Crippen LogP contribution in [-0.2, 0) is 0 Å². The molecule has 0 spiro atoms. The zero-order chi connectivity index (χ0) is 15.2. The van der Waals surface area contributed by atoms with Gasteiger partial charge >= 0.3 is 0 Å². The maximum Gasteiger partial charge on any atom is 0.146 e. The van der Waals surface area contributed by atoms with Crippen LogP contribution < -0.4 is 10.2 Å². The average Bonchev–Trinajstić information content (AvgIpc) is 2.50. The Labute approximate surface area is 125 Å². The molecule has 112 valence electrons. The fourth-order valence-electron chi connectivity index (χ4n) is 2.40. The van der Waals surface area contributed by atoms with Gasteiger partial charge in [-0.3, -0.25) is 0 Å². The van der Waals surface area contributed by atoms with E-state index in [1.165, 1.54) is 6.07 Å². The SMILES string of the molecule is CCNC(C)c1ccnc(N(CC)c2ccccc2F)c1. The Bertz CT molecular complexity index is 586. The lowest BCUT2D eigenvalue weighted by atomic mass is 10.1. The molecular weight excluding hydrogens is 265 g/mol. The van der Waals surface area contributed by atoms with Gasteiger partial charge in [-0.25, -0.2) is 9.37 Å². The molecule has 0 fully saturated rings. The molecule has 1 N–H and O–H groups in total. The maximum absolute atomic E-state index is 14.0. The summed E-state index contributed by atoms with van der Waals surface area (Å²) in [7, 11) is 0. The summed E-state index contributed by atoms with van der Waals surface area (Å²) in [5.74, 6) is 0.538. The smallest absolute Gasteiger partial charge is 0.146 e. The predicted octanol–water partition coefficient (Wildman–Crippen LogP) is 4.05. The van der Waals surface area contributed by atoms with E-state index in [1.54, 1.807) is 18.3 Å². The Hall–Kier alpha value is -1.94. The number of aromatic nitrogens is 1. The van der Waals surface area contributed by atoms with Crippen molar-refractivity contribution >= 4 is 11.5 Å². The van der Waals surface area contributed by atoms with E-state index in [0.717, 1.165) is 17.9 Å². The predicted molar refractivity (Wildman–Crippen MR) is 85.4 cm³/mol. The summed E-state index contributed by atoms with van der Waals surface area (Å²) in [5.41, 5.74) is 1.71. The first-order valence-corrected chi connectivity index (χ1v) is 7.38. The zero-order valence-corrected chi connectivity index (χ0v) is 12.8. The van der Waals surface area contributed by atoms with Crippen LogP contribution in [0, 0.1) is 5.82 Å². The van der Waals surface area contributed by atoms with E-state index in [-0.39, 0.29) is 11.9 Å². The number of halogens is 1. The van der Waals surface area contributed by atoms with Crippen molar-refractivity contribution < 1.29 is 4.39 Å². The first-order chi connectivity index (χ1) is 10.2. The second-order valence-corrected chi connectivity index (χ2v) is 4.92. The highest BCUT2D eigenvalue weighted by Crippen LogP contribution is 2.27. The molecule has 21 heavy (non-hydrogen) atoms. The monoisotopic (exact) mass is 287 g/mol. The first-order valence-electron chi connectivity index (χ1n) is 7.38. The third kappa shape index (κ3) is 3.58. The number of hydrogen-bond acceptors (Lipinski definition) is 3. The first kappa shape index (κ1) is 15.4. The van der Waals surface area contributed by atoms with Crippen molar-refractivity contribution in [2.75, 3.05) is 18.0 Å². The molecule has 1 unspecified atom stereocenters. The number of hydrogen-bond donors (Lipinski definition) is 1. The lowest BCUT2D eigenvalue weighted by Crippen LogP contribution is -2.21. The molecule has 1 heterocycles. The molecule has 0 radical (unpaired) electrons. The maximum atomic E-state index is 14.0. The van der Waals surface area contributed by atoms with Gasteiger partial charge in [-0.15, -0.1) is 0 Å². The Morgan fingerprint density at radius 1 is 1.24 bits per heavy atom. The highest BCUT2D eigenvalue weighted by Gasteiger charge is 2.14. The van der Waals surface area contributed by atoms with E-state index in [0.29, 0.717) is 12.2 Å². The summed E-state index contributed by atoms with van der Waals surface area (Å²) < 4.78 is 14.0. The fourth-order valence-corrected chi connectivity index (χ4v) is 2.40. The van der Waals surface area contributed by atoms with Gasteiger partial charge in [0.25, 0.3) is 0 Å². The minimum atomic E-state index is -0.230. The number of rotatable bonds is 6. The minimum absolute atomic E-state index is 0.230. The Kier molecular flexibility index (Phi) is 5.28. The standard InChI is InChI=1S/C17H22FN3/c1-4-19-13(3)14-10-11-20-17(12-14)21(5-2)16-9-7-6-8-15(16)18/h6-13,19H,4-5H2,1-3H3. The molecule has 1 atom stereocenters. The molecule has 0 amide bonds. The molecule has 2 rings (SSSR count). The number of para-hydroxylation sites is 1. The molecule has 0 saturated carbocycles. The van der Waals surface area contributed by atoms with Gasteiger partial charge in [0.05, 0.1) is 5.69 Å². The molecule has 0 bridgehead atoms. The van der Waals surface area contributed by atoms with Crippen molar-refractivity contribution in [2.45, 2.75) is 26.8 Å². The highest BCUT2D eigenvalue weighted by atomic mass is 19.1. The van der Waals surface area contributed by atoms with Gasteiger partial charge in [0, 0.05) is 18.8 Å². The van der Waals surface area contributed by atoms with Crippen molar-refractivity contribution in [3.8, 4) is 0 Å². The number of nitrogens with zero attached hydrogens (tertiary/aromatic N) is 2. The van der Waals surface area contributed by atoms with E-state index in [9.17, 15) is 4.39 Å². The minimum Gasteiger partial charge on any atom is -0.324 e. The molecule has 0 aliphatic rings. The van der Waals surface area contributed by atoms with Gasteiger partial charge in [-0.2, -0.15) is 0 Å². The average molecular weight is 287 g/mol. The number of pyridine rings is 1. The van der Waals surface area contributed by atoms with Gasteiger partial charge in [0.15, 0.2) is 0 Å². The van der Waals surface area contributed by atoms with Crippen LogP contribution in [0.4, 0.5) is 15.9 Å². The molecule has 1 aromatic heterocycles. The molecule has 4 heteroatoms. The fraction of sp³-hybridized carbons (Fsp3) is 0.353. The summed E-state index contributed by atoms with van der Waals surface area (Å²) in [4.78, 5) is 6.29. The molecule has 2 aromatic rings. The van der Waals surface area contributed by atoms with Gasteiger partial charge in [0.2, 0.25) is 0 Å². The third-order valence-electron chi connectivity index (χ3n) is 3.52. The van der Waals surface area contributed by atoms with E-state index in [2.05, 4.69) is 24.1 Å². The molecule has 0 aliphatic carbocycles. The molecule has 0 aliphatic heterocycles. The van der Waals surface area contributed by atoms with Crippen LogP contribution >= 0.6 is 0 Å². The Morgan fingerprint density at radius 3 is 2.67 bits per heavy atom. The van der Waals surface area contributed by atoms with Crippen molar-refractivity contribution in [3.05, 3.63) is 54.0 Å². The summed E-state index contributed by atoms with van der Waals surface area (Å²) in [6.07, 6.45) is 1.78. The highest BCUT2D eigenvalue weighted by molar-refractivity contribution is 5.61. The molecular formula is C17H22FN3. The van der Waals surface area contributed by atoms with E-state index in [4.69, 9.17) is 0 Å². The summed E-state index contributed by atoms with van der Waals surface area (Å²) >= 11 is 0. The van der Waals surface area contributed by atoms with Crippen LogP contribution in [-0.4, -0.2) is 18.1 Å². The quantitative estimate of drug-likeness (QED) is 0.868. The zero-order valence-electron chi connectivity index (χ0n) is 12.8. The van der Waals surface area contributed by atoms with Crippen LogP contribution in [0.15, 0.2) is 42.6 Å². The Morgan fingerprint density at radius 2 is 2.00 bits per heavy atom. The van der Waals surface area contributed by atoms with Crippen LogP contribution in [0.2, 0.25) is 0 Å². The molecule has 0 saturated heterocycles. The summed E-state index contributed by atoms with van der Waals surface area (Å²) in [6, 6.07) is 11.0. The number of benzene rings is 1. The second kappa shape index (κ2) is 7.18. The van der Waals surface area contributed by atoms with Crippen LogP contribution in [0.3, 0.4) is 0 Å². The number of nitrogens with one attached hydrogen (secondary N) is 1. The van der Waals surface area contributed by atoms with E-state index in [1.807, 2.05) is 30.0 Å². The topological polar surface area (TPSA) is 28.2 Å². The van der Waals surface area contributed by atoms with Crippen molar-refractivity contribution in [3.63, 3.8) is 0 Å². The van der Waals surface area contributed by atoms with Crippen molar-refractivity contribution in [1.82, 2.24) is 10.3 Å². The second-order valence-electron chi connectivity index (χ2n) is 4.92. The number of anilines is 2.